The van der Waals surface area contributed by atoms with Crippen LogP contribution in [0.5, 0.6) is 0 Å². The smallest absolute Gasteiger partial charge is 0.225 e. The fraction of sp³-hybridized carbons (Fsp3) is 0.250. The first-order valence-corrected chi connectivity index (χ1v) is 7.36. The summed E-state index contributed by atoms with van der Waals surface area (Å²) in [5.74, 6) is 0.507. The number of carbonyl (C=O) groups is 1. The second kappa shape index (κ2) is 6.44. The van der Waals surface area contributed by atoms with Gasteiger partial charge in [-0.25, -0.2) is 0 Å². The van der Waals surface area contributed by atoms with Gasteiger partial charge in [-0.15, -0.1) is 11.8 Å². The number of hydrogen-bond donors (Lipinski definition) is 1. The third-order valence-electron chi connectivity index (χ3n) is 3.02. The largest absolute Gasteiger partial charge is 0.320 e. The van der Waals surface area contributed by atoms with E-state index in [9.17, 15) is 10.1 Å². The quantitative estimate of drug-likeness (QED) is 0.863. The van der Waals surface area contributed by atoms with E-state index in [2.05, 4.69) is 18.0 Å². The SMILES string of the molecule is C=C(C)CSC1=C(C#N)[C@H](c2ccccc2)CC(=O)N1. The third kappa shape index (κ3) is 3.31. The Morgan fingerprint density at radius 3 is 2.80 bits per heavy atom. The Kier molecular flexibility index (Phi) is 4.65. The van der Waals surface area contributed by atoms with Crippen LogP contribution in [0.25, 0.3) is 0 Å². The van der Waals surface area contributed by atoms with Gasteiger partial charge < -0.3 is 5.32 Å². The molecule has 20 heavy (non-hydrogen) atoms. The molecule has 0 bridgehead atoms. The number of nitrogens with zero attached hydrogens (tertiary/aromatic N) is 1. The molecule has 0 aromatic heterocycles. The van der Waals surface area contributed by atoms with Gasteiger partial charge in [-0.1, -0.05) is 42.5 Å². The van der Waals surface area contributed by atoms with E-state index in [4.69, 9.17) is 0 Å². The summed E-state index contributed by atoms with van der Waals surface area (Å²) in [6.45, 7) is 5.78. The van der Waals surface area contributed by atoms with Crippen molar-refractivity contribution in [2.75, 3.05) is 5.75 Å². The van der Waals surface area contributed by atoms with Crippen molar-refractivity contribution in [2.45, 2.75) is 19.3 Å². The number of nitrogens with one attached hydrogen (secondary N) is 1. The van der Waals surface area contributed by atoms with Gasteiger partial charge in [0.2, 0.25) is 5.91 Å². The van der Waals surface area contributed by atoms with Crippen LogP contribution in [0.3, 0.4) is 0 Å². The fourth-order valence-electron chi connectivity index (χ4n) is 2.10. The van der Waals surface area contributed by atoms with Crippen LogP contribution in [0.15, 0.2) is 53.1 Å². The molecule has 0 aliphatic carbocycles. The van der Waals surface area contributed by atoms with Crippen molar-refractivity contribution in [1.82, 2.24) is 5.32 Å². The molecular weight excluding hydrogens is 268 g/mol. The molecule has 0 unspecified atom stereocenters. The van der Waals surface area contributed by atoms with Crippen molar-refractivity contribution in [1.29, 1.82) is 5.26 Å². The highest BCUT2D eigenvalue weighted by molar-refractivity contribution is 8.03. The van der Waals surface area contributed by atoms with Crippen LogP contribution in [-0.4, -0.2) is 11.7 Å². The minimum absolute atomic E-state index is 0.0398. The summed E-state index contributed by atoms with van der Waals surface area (Å²) in [4.78, 5) is 11.9. The van der Waals surface area contributed by atoms with Crippen LogP contribution < -0.4 is 5.32 Å². The summed E-state index contributed by atoms with van der Waals surface area (Å²) in [5, 5.41) is 12.9. The van der Waals surface area contributed by atoms with Gasteiger partial charge in [-0.2, -0.15) is 5.26 Å². The average molecular weight is 284 g/mol. The molecule has 0 radical (unpaired) electrons. The molecule has 1 amide bonds. The first-order valence-electron chi connectivity index (χ1n) is 6.38. The Morgan fingerprint density at radius 1 is 1.50 bits per heavy atom. The minimum Gasteiger partial charge on any atom is -0.320 e. The predicted octanol–water partition coefficient (Wildman–Crippen LogP) is 3.33. The number of nitriles is 1. The van der Waals surface area contributed by atoms with Crippen LogP contribution in [-0.2, 0) is 4.79 Å². The number of amides is 1. The van der Waals surface area contributed by atoms with Crippen molar-refractivity contribution in [3.05, 3.63) is 58.6 Å². The van der Waals surface area contributed by atoms with E-state index >= 15 is 0 Å². The zero-order chi connectivity index (χ0) is 14.5. The Balaban J connectivity index is 2.36. The molecule has 1 heterocycles. The van der Waals surface area contributed by atoms with Crippen LogP contribution in [0.4, 0.5) is 0 Å². The van der Waals surface area contributed by atoms with E-state index in [0.717, 1.165) is 11.1 Å². The normalized spacial score (nSPS) is 18.4. The van der Waals surface area contributed by atoms with Gasteiger partial charge in [0.15, 0.2) is 0 Å². The summed E-state index contributed by atoms with van der Waals surface area (Å²) in [6, 6.07) is 12.0. The van der Waals surface area contributed by atoms with E-state index in [-0.39, 0.29) is 11.8 Å². The van der Waals surface area contributed by atoms with Crippen LogP contribution >= 0.6 is 11.8 Å². The van der Waals surface area contributed by atoms with E-state index in [1.807, 2.05) is 37.3 Å². The number of benzene rings is 1. The molecule has 0 spiro atoms. The standard InChI is InChI=1S/C16H16N2OS/c1-11(2)10-20-16-14(9-17)13(8-15(19)18-16)12-6-4-3-5-7-12/h3-7,13H,1,8,10H2,2H3,(H,18,19)/t13-/m0/s1. The summed E-state index contributed by atoms with van der Waals surface area (Å²) in [5.41, 5.74) is 2.66. The molecule has 1 atom stereocenters. The monoisotopic (exact) mass is 284 g/mol. The molecule has 1 aliphatic rings. The van der Waals surface area contributed by atoms with Crippen LogP contribution in [0, 0.1) is 11.3 Å². The number of hydrogen-bond acceptors (Lipinski definition) is 3. The van der Waals surface area contributed by atoms with Gasteiger partial charge in [0.05, 0.1) is 16.7 Å². The highest BCUT2D eigenvalue weighted by atomic mass is 32.2. The maximum Gasteiger partial charge on any atom is 0.225 e. The van der Waals surface area contributed by atoms with E-state index in [0.29, 0.717) is 22.8 Å². The lowest BCUT2D eigenvalue weighted by atomic mass is 9.87. The summed E-state index contributed by atoms with van der Waals surface area (Å²) < 4.78 is 0. The average Bonchev–Trinajstić information content (AvgIpc) is 2.45. The molecule has 1 aromatic rings. The molecule has 4 heteroatoms. The Bertz CT molecular complexity index is 599. The van der Waals surface area contributed by atoms with Gasteiger partial charge in [0.1, 0.15) is 0 Å². The topological polar surface area (TPSA) is 52.9 Å². The first-order chi connectivity index (χ1) is 9.61. The number of rotatable bonds is 4. The predicted molar refractivity (Wildman–Crippen MR) is 81.9 cm³/mol. The molecule has 2 rings (SSSR count). The maximum absolute atomic E-state index is 11.9. The first kappa shape index (κ1) is 14.4. The highest BCUT2D eigenvalue weighted by Crippen LogP contribution is 2.36. The van der Waals surface area contributed by atoms with Gasteiger partial charge in [0.25, 0.3) is 0 Å². The van der Waals surface area contributed by atoms with Crippen LogP contribution in [0.2, 0.25) is 0 Å². The van der Waals surface area contributed by atoms with Crippen LogP contribution in [0.1, 0.15) is 24.8 Å². The lowest BCUT2D eigenvalue weighted by molar-refractivity contribution is -0.120. The second-order valence-electron chi connectivity index (χ2n) is 4.82. The molecule has 3 nitrogen and oxygen atoms in total. The second-order valence-corrected chi connectivity index (χ2v) is 5.80. The number of allylic oxidation sites excluding steroid dienone is 1. The zero-order valence-corrected chi connectivity index (χ0v) is 12.2. The third-order valence-corrected chi connectivity index (χ3v) is 4.27. The zero-order valence-electron chi connectivity index (χ0n) is 11.3. The minimum atomic E-state index is -0.150. The lowest BCUT2D eigenvalue weighted by Crippen LogP contribution is -2.30. The molecule has 1 aliphatic heterocycles. The van der Waals surface area contributed by atoms with Gasteiger partial charge in [0, 0.05) is 18.1 Å². The molecule has 0 saturated carbocycles. The van der Waals surface area contributed by atoms with Crippen molar-refractivity contribution in [2.24, 2.45) is 0 Å². The Morgan fingerprint density at radius 2 is 2.20 bits per heavy atom. The molecule has 102 valence electrons. The maximum atomic E-state index is 11.9. The Hall–Kier alpha value is -1.99. The summed E-state index contributed by atoms with van der Waals surface area (Å²) >= 11 is 1.47. The summed E-state index contributed by atoms with van der Waals surface area (Å²) in [6.07, 6.45) is 0.323. The van der Waals surface area contributed by atoms with E-state index in [1.165, 1.54) is 11.8 Å². The molecule has 1 N–H and O–H groups in total. The van der Waals surface area contributed by atoms with Crippen molar-refractivity contribution in [3.63, 3.8) is 0 Å². The highest BCUT2D eigenvalue weighted by Gasteiger charge is 2.29. The fourth-order valence-corrected chi connectivity index (χ4v) is 3.02. The lowest BCUT2D eigenvalue weighted by Gasteiger charge is -2.25. The van der Waals surface area contributed by atoms with E-state index in [1.54, 1.807) is 0 Å². The van der Waals surface area contributed by atoms with Gasteiger partial charge in [-0.3, -0.25) is 4.79 Å². The summed E-state index contributed by atoms with van der Waals surface area (Å²) in [7, 11) is 0. The van der Waals surface area contributed by atoms with E-state index < -0.39 is 0 Å². The van der Waals surface area contributed by atoms with Gasteiger partial charge in [-0.05, 0) is 12.5 Å². The van der Waals surface area contributed by atoms with Crippen molar-refractivity contribution in [3.8, 4) is 6.07 Å². The molecular formula is C16H16N2OS. The molecule has 1 aromatic carbocycles. The molecule has 0 saturated heterocycles. The van der Waals surface area contributed by atoms with Crippen molar-refractivity contribution >= 4 is 17.7 Å². The number of thioether (sulfide) groups is 1. The van der Waals surface area contributed by atoms with Crippen molar-refractivity contribution < 1.29 is 4.79 Å². The Labute approximate surface area is 123 Å². The molecule has 0 fully saturated rings. The van der Waals surface area contributed by atoms with Gasteiger partial charge >= 0.3 is 0 Å². The number of carbonyl (C=O) groups excluding carboxylic acids is 1.